The van der Waals surface area contributed by atoms with Crippen molar-refractivity contribution in [1.29, 1.82) is 0 Å². The van der Waals surface area contributed by atoms with Crippen molar-refractivity contribution >= 4 is 38.6 Å². The minimum absolute atomic E-state index is 0.168. The fourth-order valence-corrected chi connectivity index (χ4v) is 2.49. The Morgan fingerprint density at radius 2 is 2.50 bits per heavy atom. The van der Waals surface area contributed by atoms with Crippen LogP contribution in [0.1, 0.15) is 6.92 Å². The van der Waals surface area contributed by atoms with Crippen molar-refractivity contribution in [2.45, 2.75) is 6.92 Å². The summed E-state index contributed by atoms with van der Waals surface area (Å²) >= 11 is 1.10. The van der Waals surface area contributed by atoms with Gasteiger partial charge in [-0.05, 0) is 6.92 Å². The second kappa shape index (κ2) is 4.90. The third-order valence-corrected chi connectivity index (χ3v) is 3.22. The maximum atomic E-state index is 11.2. The number of rotatable bonds is 3. The topological polar surface area (TPSA) is 104 Å². The molecule has 0 aromatic carbocycles. The molecule has 0 saturated heterocycles. The van der Waals surface area contributed by atoms with E-state index in [-0.39, 0.29) is 12.3 Å². The average Bonchev–Trinajstić information content (AvgIpc) is 2.79. The summed E-state index contributed by atoms with van der Waals surface area (Å²) in [6, 6.07) is 0. The molecule has 0 fully saturated rings. The third-order valence-electron chi connectivity index (χ3n) is 2.23. The van der Waals surface area contributed by atoms with E-state index in [0.29, 0.717) is 15.5 Å². The number of carbonyl (C=O) groups is 1. The van der Waals surface area contributed by atoms with E-state index in [1.165, 1.54) is 6.20 Å². The molecule has 3 N–H and O–H groups in total. The van der Waals surface area contributed by atoms with Crippen LogP contribution < -0.4 is 10.5 Å². The van der Waals surface area contributed by atoms with E-state index in [1.807, 2.05) is 0 Å². The molecule has 2 aromatic heterocycles. The van der Waals surface area contributed by atoms with Gasteiger partial charge in [0, 0.05) is 7.05 Å². The molecule has 0 aliphatic rings. The minimum atomic E-state index is -1.02. The van der Waals surface area contributed by atoms with Crippen LogP contribution in [0, 0.1) is 5.21 Å². The van der Waals surface area contributed by atoms with Gasteiger partial charge >= 0.3 is 6.09 Å². The zero-order valence-electron chi connectivity index (χ0n) is 9.76. The number of nitrogens with one attached hydrogen (secondary N) is 2. The maximum absolute atomic E-state index is 11.2. The molecule has 2 heterocycles. The SMILES string of the molecule is CCOC(=O)Nc1nc2c(s1)c([NH+]([O-])O)cn2C. The van der Waals surface area contributed by atoms with Crippen LogP contribution in [-0.2, 0) is 11.8 Å². The van der Waals surface area contributed by atoms with Gasteiger partial charge in [-0.3, -0.25) is 5.32 Å². The normalized spacial score (nSPS) is 12.7. The van der Waals surface area contributed by atoms with Crippen molar-refractivity contribution in [1.82, 2.24) is 9.55 Å². The Hall–Kier alpha value is -1.68. The summed E-state index contributed by atoms with van der Waals surface area (Å²) in [5.41, 5.74) is 0.686. The van der Waals surface area contributed by atoms with Gasteiger partial charge in [0.05, 0.1) is 12.8 Å². The van der Waals surface area contributed by atoms with E-state index in [0.717, 1.165) is 11.3 Å². The number of aryl methyl sites for hydroxylation is 1. The molecule has 1 unspecified atom stereocenters. The monoisotopic (exact) mass is 272 g/mol. The van der Waals surface area contributed by atoms with Gasteiger partial charge < -0.3 is 14.5 Å². The lowest BCUT2D eigenvalue weighted by Gasteiger charge is -2.08. The number of thiazole rings is 1. The van der Waals surface area contributed by atoms with Gasteiger partial charge in [0.1, 0.15) is 4.70 Å². The standard InChI is InChI=1S/C9H12N4O4S/c1-3-17-9(14)11-8-10-7-6(18-8)5(13(15)16)4-12(7)2/h4,13,15H,3H2,1-2H3,(H,10,11,14). The summed E-state index contributed by atoms with van der Waals surface area (Å²) in [6.07, 6.45) is 0.887. The number of fused-ring (bicyclic) bond motifs is 1. The van der Waals surface area contributed by atoms with Gasteiger partial charge in [0.15, 0.2) is 10.8 Å². The summed E-state index contributed by atoms with van der Waals surface area (Å²) in [5, 5.41) is 21.8. The molecule has 9 heteroatoms. The Morgan fingerprint density at radius 3 is 3.11 bits per heavy atom. The molecule has 1 amide bonds. The smallest absolute Gasteiger partial charge is 0.413 e. The van der Waals surface area contributed by atoms with E-state index in [2.05, 4.69) is 10.3 Å². The van der Waals surface area contributed by atoms with Gasteiger partial charge in [-0.25, -0.2) is 15.0 Å². The first-order valence-electron chi connectivity index (χ1n) is 5.15. The summed E-state index contributed by atoms with van der Waals surface area (Å²) in [4.78, 5) is 15.4. The first kappa shape index (κ1) is 12.8. The second-order valence-electron chi connectivity index (χ2n) is 3.48. The van der Waals surface area contributed by atoms with Crippen molar-refractivity contribution < 1.29 is 20.0 Å². The molecule has 0 aliphatic carbocycles. The Kier molecular flexibility index (Phi) is 3.48. The number of nitrogens with zero attached hydrogens (tertiary/aromatic N) is 2. The first-order valence-corrected chi connectivity index (χ1v) is 5.97. The van der Waals surface area contributed by atoms with Gasteiger partial charge in [-0.1, -0.05) is 11.3 Å². The van der Waals surface area contributed by atoms with Crippen molar-refractivity contribution in [2.75, 3.05) is 11.9 Å². The highest BCUT2D eigenvalue weighted by Gasteiger charge is 2.18. The number of hydrogen-bond acceptors (Lipinski definition) is 6. The van der Waals surface area contributed by atoms with Crippen molar-refractivity contribution in [3.05, 3.63) is 11.4 Å². The lowest BCUT2D eigenvalue weighted by molar-refractivity contribution is -0.990. The number of aromatic nitrogens is 2. The fraction of sp³-hybridized carbons (Fsp3) is 0.333. The molecule has 0 saturated carbocycles. The highest BCUT2D eigenvalue weighted by molar-refractivity contribution is 7.22. The predicted octanol–water partition coefficient (Wildman–Crippen LogP) is 0.607. The van der Waals surface area contributed by atoms with Crippen LogP contribution >= 0.6 is 11.3 Å². The van der Waals surface area contributed by atoms with Gasteiger partial charge in [-0.15, -0.1) is 0 Å². The van der Waals surface area contributed by atoms with Crippen LogP contribution in [0.15, 0.2) is 6.20 Å². The van der Waals surface area contributed by atoms with Crippen molar-refractivity contribution in [2.24, 2.45) is 7.05 Å². The number of hydrogen-bond donors (Lipinski definition) is 3. The summed E-state index contributed by atoms with van der Waals surface area (Å²) in [5.74, 6) is 0. The van der Waals surface area contributed by atoms with E-state index < -0.39 is 11.3 Å². The molecule has 2 rings (SSSR count). The lowest BCUT2D eigenvalue weighted by Crippen LogP contribution is -2.99. The molecule has 0 aliphatic heterocycles. The summed E-state index contributed by atoms with van der Waals surface area (Å²) < 4.78 is 6.85. The Labute approximate surface area is 106 Å². The Bertz CT molecular complexity index is 576. The minimum Gasteiger partial charge on any atom is -0.595 e. The largest absolute Gasteiger partial charge is 0.595 e. The summed E-state index contributed by atoms with van der Waals surface area (Å²) in [7, 11) is 1.70. The number of ether oxygens (including phenoxy) is 1. The molecule has 8 nitrogen and oxygen atoms in total. The number of anilines is 1. The van der Waals surface area contributed by atoms with Crippen LogP contribution in [0.3, 0.4) is 0 Å². The highest BCUT2D eigenvalue weighted by atomic mass is 32.1. The third kappa shape index (κ3) is 2.29. The van der Waals surface area contributed by atoms with Crippen LogP contribution in [-0.4, -0.2) is 27.5 Å². The number of quaternary nitrogens is 1. The Morgan fingerprint density at radius 1 is 1.78 bits per heavy atom. The highest BCUT2D eigenvalue weighted by Crippen LogP contribution is 2.31. The first-order chi connectivity index (χ1) is 8.52. The van der Waals surface area contributed by atoms with Crippen molar-refractivity contribution in [3.8, 4) is 0 Å². The average molecular weight is 272 g/mol. The molecule has 18 heavy (non-hydrogen) atoms. The van der Waals surface area contributed by atoms with Crippen LogP contribution in [0.4, 0.5) is 15.6 Å². The summed E-state index contributed by atoms with van der Waals surface area (Å²) in [6.45, 7) is 1.96. The second-order valence-corrected chi connectivity index (χ2v) is 4.48. The van der Waals surface area contributed by atoms with Crippen LogP contribution in [0.2, 0.25) is 0 Å². The van der Waals surface area contributed by atoms with Crippen LogP contribution in [0.25, 0.3) is 10.3 Å². The molecule has 0 bridgehead atoms. The number of amides is 1. The van der Waals surface area contributed by atoms with E-state index in [9.17, 15) is 10.0 Å². The predicted molar refractivity (Wildman–Crippen MR) is 65.0 cm³/mol. The van der Waals surface area contributed by atoms with Gasteiger partial charge in [-0.2, -0.15) is 5.23 Å². The van der Waals surface area contributed by atoms with Crippen LogP contribution in [0.5, 0.6) is 0 Å². The van der Waals surface area contributed by atoms with Gasteiger partial charge in [0.2, 0.25) is 5.69 Å². The molecular weight excluding hydrogens is 260 g/mol. The zero-order valence-corrected chi connectivity index (χ0v) is 10.6. The van der Waals surface area contributed by atoms with E-state index in [1.54, 1.807) is 18.5 Å². The van der Waals surface area contributed by atoms with E-state index in [4.69, 9.17) is 9.94 Å². The quantitative estimate of drug-likeness (QED) is 0.710. The molecule has 2 aromatic rings. The molecule has 0 spiro atoms. The fourth-order valence-electron chi connectivity index (χ4n) is 1.50. The zero-order chi connectivity index (χ0) is 13.3. The van der Waals surface area contributed by atoms with E-state index >= 15 is 0 Å². The molecule has 98 valence electrons. The molecule has 0 radical (unpaired) electrons. The lowest BCUT2D eigenvalue weighted by atomic mass is 10.5. The van der Waals surface area contributed by atoms with Crippen molar-refractivity contribution in [3.63, 3.8) is 0 Å². The number of carbonyl (C=O) groups excluding carboxylic acids is 1. The Balaban J connectivity index is 2.32. The maximum Gasteiger partial charge on any atom is 0.413 e. The van der Waals surface area contributed by atoms with Gasteiger partial charge in [0.25, 0.3) is 0 Å². The molecular formula is C9H12N4O4S. The molecule has 1 atom stereocenters.